The fourth-order valence-electron chi connectivity index (χ4n) is 3.96. The van der Waals surface area contributed by atoms with Crippen LogP contribution in [0.4, 0.5) is 0 Å². The van der Waals surface area contributed by atoms with E-state index in [0.717, 1.165) is 5.56 Å². The lowest BCUT2D eigenvalue weighted by molar-refractivity contribution is -0.132. The molecule has 1 atom stereocenters. The fraction of sp³-hybridized carbons (Fsp3) is 0.346. The van der Waals surface area contributed by atoms with Crippen molar-refractivity contribution in [2.24, 2.45) is 0 Å². The van der Waals surface area contributed by atoms with E-state index in [2.05, 4.69) is 0 Å². The number of aliphatic hydroxyl groups is 1. The van der Waals surface area contributed by atoms with Crippen molar-refractivity contribution in [1.29, 1.82) is 0 Å². The lowest BCUT2D eigenvalue weighted by Crippen LogP contribution is -2.36. The quantitative estimate of drug-likeness (QED) is 0.425. The van der Waals surface area contributed by atoms with Crippen molar-refractivity contribution in [1.82, 2.24) is 9.80 Å². The highest BCUT2D eigenvalue weighted by Gasteiger charge is 2.43. The average molecular weight is 467 g/mol. The fourth-order valence-corrected chi connectivity index (χ4v) is 3.96. The van der Waals surface area contributed by atoms with Crippen molar-refractivity contribution in [2.75, 3.05) is 34.3 Å². The number of aliphatic hydroxyl groups excluding tert-OH is 1. The Labute approximate surface area is 199 Å². The molecule has 0 saturated carbocycles. The SMILES string of the molecule is COc1ccc(C2C(C(=O)CCc3ccccc3)=C(O)C(=O)N2CCN(C)C)cc1OC(C)=O. The molecular formula is C26H30N2O6. The number of likely N-dealkylation sites (N-methyl/N-ethyl adjacent to an activating group) is 1. The van der Waals surface area contributed by atoms with Gasteiger partial charge in [0.2, 0.25) is 0 Å². The standard InChI is InChI=1S/C26H30N2O6/c1-17(29)34-22-16-19(11-13-21(22)33-4)24-23(20(30)12-10-18-8-6-5-7-9-18)25(31)26(32)28(24)15-14-27(2)3/h5-9,11,13,16,24,31H,10,12,14-15H2,1-4H3. The van der Waals surface area contributed by atoms with Gasteiger partial charge in [-0.2, -0.15) is 0 Å². The van der Waals surface area contributed by atoms with E-state index in [1.165, 1.54) is 18.9 Å². The molecule has 180 valence electrons. The van der Waals surface area contributed by atoms with Crippen molar-refractivity contribution in [3.05, 3.63) is 71.0 Å². The van der Waals surface area contributed by atoms with Crippen LogP contribution < -0.4 is 9.47 Å². The minimum absolute atomic E-state index is 0.0543. The Morgan fingerprint density at radius 1 is 1.09 bits per heavy atom. The monoisotopic (exact) mass is 466 g/mol. The topological polar surface area (TPSA) is 96.4 Å². The van der Waals surface area contributed by atoms with Crippen molar-refractivity contribution < 1.29 is 29.0 Å². The zero-order valence-corrected chi connectivity index (χ0v) is 19.9. The van der Waals surface area contributed by atoms with E-state index in [0.29, 0.717) is 30.8 Å². The second-order valence-corrected chi connectivity index (χ2v) is 8.38. The number of ketones is 1. The molecule has 2 aromatic rings. The molecular weight excluding hydrogens is 436 g/mol. The number of carbonyl (C=O) groups is 3. The van der Waals surface area contributed by atoms with E-state index in [4.69, 9.17) is 9.47 Å². The number of methoxy groups -OCH3 is 1. The highest BCUT2D eigenvalue weighted by atomic mass is 16.6. The number of aryl methyl sites for hydroxylation is 1. The summed E-state index contributed by atoms with van der Waals surface area (Å²) in [6.45, 7) is 2.11. The van der Waals surface area contributed by atoms with E-state index in [-0.39, 0.29) is 23.5 Å². The minimum Gasteiger partial charge on any atom is -0.503 e. The van der Waals surface area contributed by atoms with Crippen LogP contribution in [0.2, 0.25) is 0 Å². The van der Waals surface area contributed by atoms with Crippen LogP contribution in [0.25, 0.3) is 0 Å². The number of ether oxygens (including phenoxy) is 2. The number of esters is 1. The molecule has 1 amide bonds. The molecule has 0 radical (unpaired) electrons. The maximum atomic E-state index is 13.3. The number of Topliss-reactive ketones (excluding diaryl/α,β-unsaturated/α-hetero) is 1. The van der Waals surface area contributed by atoms with E-state index in [1.807, 2.05) is 49.3 Å². The van der Waals surface area contributed by atoms with E-state index in [1.54, 1.807) is 18.2 Å². The molecule has 2 aromatic carbocycles. The number of nitrogens with zero attached hydrogens (tertiary/aromatic N) is 2. The number of hydrogen-bond acceptors (Lipinski definition) is 7. The van der Waals surface area contributed by atoms with Crippen molar-refractivity contribution >= 4 is 17.7 Å². The molecule has 0 fully saturated rings. The first-order valence-electron chi connectivity index (χ1n) is 11.0. The van der Waals surface area contributed by atoms with Gasteiger partial charge in [-0.05, 0) is 43.8 Å². The van der Waals surface area contributed by atoms with Gasteiger partial charge in [0.15, 0.2) is 23.0 Å². The Hall–Kier alpha value is -3.65. The van der Waals surface area contributed by atoms with E-state index < -0.39 is 23.7 Å². The first-order chi connectivity index (χ1) is 16.2. The molecule has 0 bridgehead atoms. The highest BCUT2D eigenvalue weighted by molar-refractivity contribution is 6.09. The molecule has 1 unspecified atom stereocenters. The summed E-state index contributed by atoms with van der Waals surface area (Å²) in [5, 5.41) is 10.8. The molecule has 0 aromatic heterocycles. The average Bonchev–Trinajstić information content (AvgIpc) is 3.06. The molecule has 0 aliphatic carbocycles. The normalized spacial score (nSPS) is 15.7. The summed E-state index contributed by atoms with van der Waals surface area (Å²) in [5.74, 6) is -1.45. The summed E-state index contributed by atoms with van der Waals surface area (Å²) in [4.78, 5) is 41.3. The smallest absolute Gasteiger partial charge is 0.308 e. The predicted molar refractivity (Wildman–Crippen MR) is 127 cm³/mol. The summed E-state index contributed by atoms with van der Waals surface area (Å²) in [6, 6.07) is 13.6. The minimum atomic E-state index is -0.809. The molecule has 0 saturated heterocycles. The molecule has 1 aliphatic heterocycles. The van der Waals surface area contributed by atoms with Crippen LogP contribution in [0.1, 0.15) is 30.5 Å². The van der Waals surface area contributed by atoms with Gasteiger partial charge in [0.1, 0.15) is 0 Å². The van der Waals surface area contributed by atoms with E-state index in [9.17, 15) is 19.5 Å². The Morgan fingerprint density at radius 2 is 1.79 bits per heavy atom. The van der Waals surface area contributed by atoms with Gasteiger partial charge in [-0.3, -0.25) is 14.4 Å². The van der Waals surface area contributed by atoms with Crippen LogP contribution in [-0.2, 0) is 20.8 Å². The molecule has 0 spiro atoms. The van der Waals surface area contributed by atoms with Crippen LogP contribution in [0, 0.1) is 0 Å². The summed E-state index contributed by atoms with van der Waals surface area (Å²) >= 11 is 0. The van der Waals surface area contributed by atoms with Gasteiger partial charge >= 0.3 is 5.97 Å². The zero-order valence-electron chi connectivity index (χ0n) is 19.9. The van der Waals surface area contributed by atoms with Crippen LogP contribution in [0.15, 0.2) is 59.9 Å². The molecule has 3 rings (SSSR count). The van der Waals surface area contributed by atoms with Crippen LogP contribution in [0.5, 0.6) is 11.5 Å². The third kappa shape index (κ3) is 5.63. The summed E-state index contributed by atoms with van der Waals surface area (Å²) in [7, 11) is 5.21. The molecule has 34 heavy (non-hydrogen) atoms. The largest absolute Gasteiger partial charge is 0.503 e. The number of rotatable bonds is 10. The van der Waals surface area contributed by atoms with Crippen molar-refractivity contribution in [3.8, 4) is 11.5 Å². The lowest BCUT2D eigenvalue weighted by atomic mass is 9.93. The number of amides is 1. The van der Waals surface area contributed by atoms with Gasteiger partial charge < -0.3 is 24.4 Å². The zero-order chi connectivity index (χ0) is 24.8. The number of hydrogen-bond donors (Lipinski definition) is 1. The Balaban J connectivity index is 1.99. The molecule has 1 N–H and O–H groups in total. The first-order valence-corrected chi connectivity index (χ1v) is 11.0. The third-order valence-electron chi connectivity index (χ3n) is 5.63. The van der Waals surface area contributed by atoms with Crippen LogP contribution >= 0.6 is 0 Å². The van der Waals surface area contributed by atoms with Gasteiger partial charge in [0.25, 0.3) is 5.91 Å². The van der Waals surface area contributed by atoms with Gasteiger partial charge in [0, 0.05) is 26.4 Å². The maximum Gasteiger partial charge on any atom is 0.308 e. The molecule has 1 heterocycles. The maximum absolute atomic E-state index is 13.3. The highest BCUT2D eigenvalue weighted by Crippen LogP contribution is 2.41. The van der Waals surface area contributed by atoms with Crippen molar-refractivity contribution in [2.45, 2.75) is 25.8 Å². The van der Waals surface area contributed by atoms with Crippen molar-refractivity contribution in [3.63, 3.8) is 0 Å². The third-order valence-corrected chi connectivity index (χ3v) is 5.63. The van der Waals surface area contributed by atoms with Crippen LogP contribution in [0.3, 0.4) is 0 Å². The molecule has 8 nitrogen and oxygen atoms in total. The van der Waals surface area contributed by atoms with Gasteiger partial charge in [0.05, 0.1) is 18.7 Å². The van der Waals surface area contributed by atoms with E-state index >= 15 is 0 Å². The van der Waals surface area contributed by atoms with Gasteiger partial charge in [-0.1, -0.05) is 36.4 Å². The first kappa shape index (κ1) is 25.0. The van der Waals surface area contributed by atoms with Gasteiger partial charge in [-0.25, -0.2) is 0 Å². The Bertz CT molecular complexity index is 1090. The summed E-state index contributed by atoms with van der Waals surface area (Å²) in [5.41, 5.74) is 1.58. The second kappa shape index (κ2) is 11.0. The van der Waals surface area contributed by atoms with Gasteiger partial charge in [-0.15, -0.1) is 0 Å². The summed E-state index contributed by atoms with van der Waals surface area (Å²) in [6.07, 6.45) is 0.623. The molecule has 1 aliphatic rings. The number of benzene rings is 2. The second-order valence-electron chi connectivity index (χ2n) is 8.38. The van der Waals surface area contributed by atoms with Crippen LogP contribution in [-0.4, -0.2) is 66.9 Å². The summed E-state index contributed by atoms with van der Waals surface area (Å²) < 4.78 is 10.6. The Morgan fingerprint density at radius 3 is 2.41 bits per heavy atom. The predicted octanol–water partition coefficient (Wildman–Crippen LogP) is 3.08. The number of carbonyl (C=O) groups excluding carboxylic acids is 3. The lowest BCUT2D eigenvalue weighted by Gasteiger charge is -2.28. The molecule has 8 heteroatoms. The Kier molecular flexibility index (Phi) is 8.07.